The van der Waals surface area contributed by atoms with Gasteiger partial charge < -0.3 is 111 Å². The molecule has 0 aromatic rings. The standard InChI is InChI=1S/C34H56N6O14.C22H38N4O12.6CH4/c1-23(2)29(43)51-21-17-35-27(41)25(39-33(47)49-5)13-7-9-15-37-31(45)53-19-11-12-20-54-32(46)38-16-10-8-14-26(40-34(48)50-6)28(42)36-18-22-52-30(44)24(3)4;1-35-21(33)25-15(17(27)28)9-3-5-11-23-19(31)37-13-7-8-14-38-20(32)24-12-6-4-10-16(18(29)30)26-22(34)36-2;;;;;;/h25-26H,1,3,7-22H2,2,4-6H3,(H,35,41)(H,36,42)(H,37,45)(H,38,46)(H,39,47)(H,40,48);15-16H,3-14H2,1-2H3,(H,23,31)(H,24,32)(H,25,33)(H,26,34)(H,27,28)(H,29,30);6*1H4. The molecule has 12 N–H and O–H groups in total. The van der Waals surface area contributed by atoms with Crippen LogP contribution in [-0.4, -0.2) is 226 Å². The molecule has 0 aliphatic heterocycles. The molecule has 0 aliphatic carbocycles. The summed E-state index contributed by atoms with van der Waals surface area (Å²) in [7, 11) is 4.61. The lowest BCUT2D eigenvalue weighted by Crippen LogP contribution is -2.47. The number of ether oxygens (including phenoxy) is 10. The predicted molar refractivity (Wildman–Crippen MR) is 362 cm³/mol. The molecule has 98 heavy (non-hydrogen) atoms. The van der Waals surface area contributed by atoms with Crippen LogP contribution in [0.3, 0.4) is 0 Å². The molecule has 0 fully saturated rings. The van der Waals surface area contributed by atoms with Gasteiger partial charge in [0.25, 0.3) is 0 Å². The van der Waals surface area contributed by atoms with Crippen molar-refractivity contribution in [2.75, 3.05) is 107 Å². The third-order valence-electron chi connectivity index (χ3n) is 11.9. The van der Waals surface area contributed by atoms with Crippen molar-refractivity contribution in [2.24, 2.45) is 0 Å². The molecule has 0 bridgehead atoms. The van der Waals surface area contributed by atoms with Crippen LogP contribution < -0.4 is 53.2 Å². The number of nitrogens with one attached hydrogen (secondary N) is 10. The number of carbonyl (C=O) groups excluding carboxylic acids is 12. The molecule has 0 rings (SSSR count). The molecule has 0 saturated carbocycles. The first kappa shape index (κ1) is 105. The van der Waals surface area contributed by atoms with Crippen LogP contribution in [0.1, 0.15) is 161 Å². The number of unbranched alkanes of at least 4 members (excludes halogenated alkanes) is 6. The van der Waals surface area contributed by atoms with E-state index in [1.54, 1.807) is 0 Å². The number of methoxy groups -OCH3 is 4. The summed E-state index contributed by atoms with van der Waals surface area (Å²) < 4.78 is 47.9. The monoisotopic (exact) mass is 1420 g/mol. The number of esters is 2. The van der Waals surface area contributed by atoms with Crippen LogP contribution >= 0.6 is 0 Å². The Bertz CT molecular complexity index is 2180. The quantitative estimate of drug-likeness (QED) is 0.0134. The first-order chi connectivity index (χ1) is 43.8. The van der Waals surface area contributed by atoms with Gasteiger partial charge in [0.1, 0.15) is 37.4 Å². The Morgan fingerprint density at radius 3 is 0.735 bits per heavy atom. The van der Waals surface area contributed by atoms with Gasteiger partial charge in [-0.25, -0.2) is 57.5 Å². The van der Waals surface area contributed by atoms with Gasteiger partial charge in [0.2, 0.25) is 11.8 Å². The van der Waals surface area contributed by atoms with Crippen molar-refractivity contribution >= 4 is 84.4 Å². The number of carboxylic acid groups (broad SMARTS) is 2. The number of hydrogen-bond acceptors (Lipinski definition) is 24. The molecule has 36 heteroatoms. The maximum atomic E-state index is 12.5. The molecular formula is C62H118N10O26. The highest BCUT2D eigenvalue weighted by molar-refractivity contribution is 5.88. The summed E-state index contributed by atoms with van der Waals surface area (Å²) in [6.07, 6.45) is 0.652. The Morgan fingerprint density at radius 2 is 0.520 bits per heavy atom. The Morgan fingerprint density at radius 1 is 0.296 bits per heavy atom. The van der Waals surface area contributed by atoms with Crippen LogP contribution in [0, 0.1) is 0 Å². The van der Waals surface area contributed by atoms with Gasteiger partial charge in [-0.15, -0.1) is 0 Å². The lowest BCUT2D eigenvalue weighted by Gasteiger charge is -2.18. The van der Waals surface area contributed by atoms with Gasteiger partial charge >= 0.3 is 72.6 Å². The van der Waals surface area contributed by atoms with E-state index in [-0.39, 0.29) is 160 Å². The molecule has 0 spiro atoms. The van der Waals surface area contributed by atoms with Gasteiger partial charge in [0, 0.05) is 37.3 Å². The first-order valence-electron chi connectivity index (χ1n) is 29.5. The number of alkyl carbamates (subject to hydrolysis) is 8. The maximum absolute atomic E-state index is 12.5. The molecule has 0 aromatic heterocycles. The molecule has 0 saturated heterocycles. The Balaban J connectivity index is -0.000000273. The van der Waals surface area contributed by atoms with Crippen molar-refractivity contribution in [1.82, 2.24) is 53.2 Å². The van der Waals surface area contributed by atoms with Gasteiger partial charge in [-0.05, 0) is 117 Å². The summed E-state index contributed by atoms with van der Waals surface area (Å²) in [4.78, 5) is 163. The van der Waals surface area contributed by atoms with E-state index in [1.165, 1.54) is 28.1 Å². The van der Waals surface area contributed by atoms with Crippen molar-refractivity contribution in [3.05, 3.63) is 24.3 Å². The minimum atomic E-state index is -1.18. The smallest absolute Gasteiger partial charge is 0.407 e. The Hall–Kier alpha value is -9.54. The number of hydrogen-bond donors (Lipinski definition) is 12. The van der Waals surface area contributed by atoms with Crippen LogP contribution in [-0.2, 0) is 76.1 Å². The van der Waals surface area contributed by atoms with Crippen LogP contribution in [0.15, 0.2) is 24.3 Å². The van der Waals surface area contributed by atoms with Crippen molar-refractivity contribution in [2.45, 2.75) is 185 Å². The molecule has 4 unspecified atom stereocenters. The summed E-state index contributed by atoms with van der Waals surface area (Å²) in [5.74, 6) is -4.49. The molecule has 572 valence electrons. The average molecular weight is 1420 g/mol. The lowest BCUT2D eigenvalue weighted by atomic mass is 10.1. The summed E-state index contributed by atoms with van der Waals surface area (Å²) >= 11 is 0. The number of aliphatic carboxylic acids is 2. The van der Waals surface area contributed by atoms with Crippen molar-refractivity contribution < 1.29 is 125 Å². The van der Waals surface area contributed by atoms with Crippen LogP contribution in [0.2, 0.25) is 0 Å². The number of rotatable bonds is 46. The molecule has 0 aromatic carbocycles. The largest absolute Gasteiger partial charge is 0.480 e. The van der Waals surface area contributed by atoms with E-state index in [1.807, 2.05) is 0 Å². The second kappa shape index (κ2) is 67.4. The summed E-state index contributed by atoms with van der Waals surface area (Å²) in [5.41, 5.74) is 0.459. The van der Waals surface area contributed by atoms with Crippen LogP contribution in [0.5, 0.6) is 0 Å². The fraction of sp³-hybridized carbons (Fsp3) is 0.710. The van der Waals surface area contributed by atoms with E-state index in [9.17, 15) is 67.1 Å². The minimum Gasteiger partial charge on any atom is -0.480 e. The first-order valence-corrected chi connectivity index (χ1v) is 29.5. The van der Waals surface area contributed by atoms with Crippen LogP contribution in [0.25, 0.3) is 0 Å². The van der Waals surface area contributed by atoms with E-state index >= 15 is 0 Å². The Kier molecular flexibility index (Phi) is 71.9. The molecule has 10 amide bonds. The van der Waals surface area contributed by atoms with Gasteiger partial charge in [-0.3, -0.25) is 9.59 Å². The molecular weight excluding hydrogens is 1300 g/mol. The minimum absolute atomic E-state index is 0. The number of amides is 10. The highest BCUT2D eigenvalue weighted by Gasteiger charge is 2.24. The van der Waals surface area contributed by atoms with E-state index in [2.05, 4.69) is 85.3 Å². The molecule has 0 aliphatic rings. The third-order valence-corrected chi connectivity index (χ3v) is 11.9. The van der Waals surface area contributed by atoms with E-state index in [0.717, 1.165) is 14.2 Å². The molecule has 0 radical (unpaired) electrons. The van der Waals surface area contributed by atoms with E-state index < -0.39 is 109 Å². The number of carbonyl (C=O) groups is 14. The zero-order valence-electron chi connectivity index (χ0n) is 53.2. The van der Waals surface area contributed by atoms with Crippen molar-refractivity contribution in [1.29, 1.82) is 0 Å². The zero-order valence-corrected chi connectivity index (χ0v) is 53.2. The van der Waals surface area contributed by atoms with Gasteiger partial charge in [-0.2, -0.15) is 0 Å². The van der Waals surface area contributed by atoms with Crippen LogP contribution in [0.4, 0.5) is 38.4 Å². The van der Waals surface area contributed by atoms with E-state index in [0.29, 0.717) is 77.0 Å². The van der Waals surface area contributed by atoms with Gasteiger partial charge in [0.05, 0.1) is 68.0 Å². The zero-order chi connectivity index (χ0) is 69.5. The predicted octanol–water partition coefficient (Wildman–Crippen LogP) is 6.47. The topological polar surface area (TPSA) is 492 Å². The lowest BCUT2D eigenvalue weighted by molar-refractivity contribution is -0.140. The highest BCUT2D eigenvalue weighted by atomic mass is 16.6. The third kappa shape index (κ3) is 60.1. The average Bonchev–Trinajstić information content (AvgIpc) is 1.25. The molecule has 4 atom stereocenters. The second-order valence-electron chi connectivity index (χ2n) is 19.5. The highest BCUT2D eigenvalue weighted by Crippen LogP contribution is 2.07. The molecule has 0 heterocycles. The second-order valence-corrected chi connectivity index (χ2v) is 19.5. The van der Waals surface area contributed by atoms with Gasteiger partial charge in [0.15, 0.2) is 0 Å². The SMILES string of the molecule is C.C.C.C.C.C.C=C(C)C(=O)OCCNC(=O)C(CCCCNC(=O)OCCCCOC(=O)NCCCCC(NC(=O)OC)C(=O)NCCOC(=O)C(=C)C)NC(=O)OC.COC(=O)NC(CCCCNC(=O)OCCCCOC(=O)NCCCCC(NC(=O)OC)C(=O)O)C(=O)O. The van der Waals surface area contributed by atoms with E-state index in [4.69, 9.17) is 38.6 Å². The Labute approximate surface area is 577 Å². The van der Waals surface area contributed by atoms with Crippen molar-refractivity contribution in [3.8, 4) is 0 Å². The maximum Gasteiger partial charge on any atom is 0.407 e. The van der Waals surface area contributed by atoms with Gasteiger partial charge in [-0.1, -0.05) is 57.7 Å². The number of carboxylic acids is 2. The summed E-state index contributed by atoms with van der Waals surface area (Å²) in [6.45, 7) is 11.4. The summed E-state index contributed by atoms with van der Waals surface area (Å²) in [6, 6.07) is -3.96. The fourth-order valence-electron chi connectivity index (χ4n) is 6.91. The summed E-state index contributed by atoms with van der Waals surface area (Å²) in [5, 5.41) is 42.8. The fourth-order valence-corrected chi connectivity index (χ4v) is 6.91. The molecule has 36 nitrogen and oxygen atoms in total. The normalized spacial score (nSPS) is 10.8. The van der Waals surface area contributed by atoms with Crippen molar-refractivity contribution in [3.63, 3.8) is 0 Å².